The molecule has 0 rings (SSSR count). The van der Waals surface area contributed by atoms with E-state index in [-0.39, 0.29) is 7.43 Å². The summed E-state index contributed by atoms with van der Waals surface area (Å²) in [5.74, 6) is 0. The number of rotatable bonds is 0. The largest absolute Gasteiger partial charge is 0 e. The third kappa shape index (κ3) is 25.4. The van der Waals surface area contributed by atoms with Crippen LogP contribution in [0.1, 0.15) is 0 Å². The maximum Gasteiger partial charge on any atom is 0 e. The van der Waals surface area contributed by atoms with E-state index in [9.17, 15) is 0 Å². The van der Waals surface area contributed by atoms with E-state index in [2.05, 4.69) is 74.5 Å². The Morgan fingerprint density at radius 3 is 0.833 bits per heavy atom. The van der Waals surface area contributed by atoms with Gasteiger partial charge in [-0.2, -0.15) is 0 Å². The molecule has 6 heavy (non-hydrogen) atoms. The zero-order valence-electron chi connectivity index (χ0n) is 2.39. The molecule has 0 aromatic heterocycles. The van der Waals surface area contributed by atoms with Gasteiger partial charge in [0.2, 0.25) is 0 Å². The quantitative estimate of drug-likeness (QED) is 0.340. The Kier molecular flexibility index (Phi) is 11.2. The van der Waals surface area contributed by atoms with Crippen LogP contribution in [0.5, 0.6) is 0 Å². The molecule has 0 heterocycles. The predicted molar refractivity (Wildman–Crippen MR) is 73.3 cm³/mol. The van der Waals surface area contributed by atoms with Gasteiger partial charge < -0.3 is 0 Å². The van der Waals surface area contributed by atoms with Crippen molar-refractivity contribution in [2.75, 3.05) is 0 Å². The summed E-state index contributed by atoms with van der Waals surface area (Å²) in [5, 5.41) is 0. The molecular formula is CI5. The fourth-order valence-electron chi connectivity index (χ4n) is 0. The van der Waals surface area contributed by atoms with E-state index in [1.165, 1.54) is 0 Å². The zero-order chi connectivity index (χ0) is 4.50. The van der Waals surface area contributed by atoms with Crippen LogP contribution in [0.3, 0.4) is 0 Å². The van der Waals surface area contributed by atoms with Crippen molar-refractivity contribution in [1.82, 2.24) is 0 Å². The second-order valence-corrected chi connectivity index (χ2v) is 97.8. The van der Waals surface area contributed by atoms with Crippen LogP contribution in [0.25, 0.3) is 0 Å². The van der Waals surface area contributed by atoms with E-state index in [1.807, 2.05) is 0 Å². The SMILES string of the molecule is I[I](I)(I)I.[C]. The average Bonchev–Trinajstić information content (AvgIpc) is 0.722. The summed E-state index contributed by atoms with van der Waals surface area (Å²) in [6.07, 6.45) is 0. The summed E-state index contributed by atoms with van der Waals surface area (Å²) < 4.78 is -1.06. The Balaban J connectivity index is 0. The van der Waals surface area contributed by atoms with Crippen molar-refractivity contribution < 1.29 is 0 Å². The minimum atomic E-state index is -1.06. The molecule has 5 radical (unpaired) electrons. The van der Waals surface area contributed by atoms with Gasteiger partial charge in [0.1, 0.15) is 0 Å². The molecule has 0 aliphatic heterocycles. The van der Waals surface area contributed by atoms with Crippen molar-refractivity contribution in [2.24, 2.45) is 0 Å². The molecule has 0 aliphatic carbocycles. The molecule has 0 unspecified atom stereocenters. The van der Waals surface area contributed by atoms with E-state index in [0.717, 1.165) is 0 Å². The van der Waals surface area contributed by atoms with Crippen LogP contribution in [0.2, 0.25) is 0 Å². The summed E-state index contributed by atoms with van der Waals surface area (Å²) in [7, 11) is 0. The molecule has 0 aromatic rings. The van der Waals surface area contributed by atoms with Crippen molar-refractivity contribution in [2.45, 2.75) is 0 Å². The molecule has 39 valence electrons. The van der Waals surface area contributed by atoms with E-state index < -0.39 is 2.53 Å². The van der Waals surface area contributed by atoms with Gasteiger partial charge in [0.15, 0.2) is 0 Å². The summed E-state index contributed by atoms with van der Waals surface area (Å²) in [4.78, 5) is 0. The molecule has 0 fully saturated rings. The van der Waals surface area contributed by atoms with Gasteiger partial charge in [-0.1, -0.05) is 0 Å². The van der Waals surface area contributed by atoms with Gasteiger partial charge in [-0.25, -0.2) is 0 Å². The summed E-state index contributed by atoms with van der Waals surface area (Å²) >= 11 is 10.1. The zero-order valence-corrected chi connectivity index (χ0v) is 13.2. The third-order valence-electron chi connectivity index (χ3n) is 0. The van der Waals surface area contributed by atoms with Gasteiger partial charge in [0.25, 0.3) is 0 Å². The smallest absolute Gasteiger partial charge is 0 e. The van der Waals surface area contributed by atoms with Crippen molar-refractivity contribution >= 4 is 77.0 Å². The first-order chi connectivity index (χ1) is 2.00. The van der Waals surface area contributed by atoms with E-state index in [0.29, 0.717) is 0 Å². The van der Waals surface area contributed by atoms with E-state index in [1.54, 1.807) is 0 Å². The van der Waals surface area contributed by atoms with Crippen LogP contribution in [-0.4, -0.2) is 0 Å². The van der Waals surface area contributed by atoms with Crippen molar-refractivity contribution in [1.29, 1.82) is 0 Å². The molecule has 0 saturated heterocycles. The fourth-order valence-corrected chi connectivity index (χ4v) is 0. The van der Waals surface area contributed by atoms with E-state index >= 15 is 0 Å². The molecule has 0 nitrogen and oxygen atoms in total. The first kappa shape index (κ1) is 12.3. The van der Waals surface area contributed by atoms with Crippen LogP contribution in [-0.2, 0) is 0 Å². The van der Waals surface area contributed by atoms with Gasteiger partial charge in [-0.3, -0.25) is 0 Å². The molecule has 0 N–H and O–H groups in total. The molecule has 5 heteroatoms. The van der Waals surface area contributed by atoms with Crippen molar-refractivity contribution in [3.63, 3.8) is 0 Å². The van der Waals surface area contributed by atoms with Crippen LogP contribution in [0.4, 0.5) is 0 Å². The van der Waals surface area contributed by atoms with Crippen molar-refractivity contribution in [3.8, 4) is 0 Å². The Hall–Kier alpha value is 3.65. The summed E-state index contributed by atoms with van der Waals surface area (Å²) in [6.45, 7) is 0. The number of halogens is 5. The molecule has 0 saturated carbocycles. The summed E-state index contributed by atoms with van der Waals surface area (Å²) in [6, 6.07) is 0. The molecule has 0 spiro atoms. The van der Waals surface area contributed by atoms with Gasteiger partial charge in [-0.15, -0.1) is 0 Å². The first-order valence-electron chi connectivity index (χ1n) is 0.571. The monoisotopic (exact) mass is 647 g/mol. The van der Waals surface area contributed by atoms with Crippen LogP contribution >= 0.6 is 77.0 Å². The number of hydrogen-bond acceptors (Lipinski definition) is 0. The van der Waals surface area contributed by atoms with Gasteiger partial charge in [-0.05, 0) is 0 Å². The van der Waals surface area contributed by atoms with Gasteiger partial charge in [0, 0.05) is 7.43 Å². The van der Waals surface area contributed by atoms with Gasteiger partial charge in [0.05, 0.1) is 0 Å². The molecule has 0 atom stereocenters. The number of hydrogen-bond donors (Lipinski definition) is 0. The second-order valence-electron chi connectivity index (χ2n) is 0.324. The molecular weight excluding hydrogens is 647 g/mol. The minimum Gasteiger partial charge on any atom is 0 e. The summed E-state index contributed by atoms with van der Waals surface area (Å²) in [5.41, 5.74) is 0. The predicted octanol–water partition coefficient (Wildman–Crippen LogP) is 4.51. The fraction of sp³-hybridized carbons (Fsp3) is 0. The Morgan fingerprint density at radius 2 is 0.833 bits per heavy atom. The average molecular weight is 647 g/mol. The Morgan fingerprint density at radius 1 is 0.833 bits per heavy atom. The normalized spacial score (nSPS) is 12.7. The third-order valence-corrected chi connectivity index (χ3v) is 0. The maximum absolute atomic E-state index is 2.52. The Bertz CT molecular complexity index is 19.4. The molecule has 0 amide bonds. The molecule has 0 aromatic carbocycles. The van der Waals surface area contributed by atoms with Crippen LogP contribution in [0.15, 0.2) is 0 Å². The minimum absolute atomic E-state index is 0. The first-order valence-corrected chi connectivity index (χ1v) is 25.7. The maximum atomic E-state index is 2.52. The topological polar surface area (TPSA) is 0 Å². The van der Waals surface area contributed by atoms with Crippen molar-refractivity contribution in [3.05, 3.63) is 7.43 Å². The van der Waals surface area contributed by atoms with Crippen LogP contribution < -0.4 is 0 Å². The van der Waals surface area contributed by atoms with E-state index in [4.69, 9.17) is 0 Å². The second kappa shape index (κ2) is 5.44. The molecule has 0 aliphatic rings. The Labute approximate surface area is 81.6 Å². The van der Waals surface area contributed by atoms with Gasteiger partial charge >= 0.3 is 77.0 Å². The standard InChI is InChI=1S/C.I5/c;1-5(2,3)4. The van der Waals surface area contributed by atoms with Crippen LogP contribution in [0, 0.1) is 7.43 Å². The molecule has 0 bridgehead atoms.